The summed E-state index contributed by atoms with van der Waals surface area (Å²) in [7, 11) is 0. The van der Waals surface area contributed by atoms with Gasteiger partial charge >= 0.3 is 0 Å². The average Bonchev–Trinajstić information content (AvgIpc) is 3.55. The third kappa shape index (κ3) is 4.94. The highest BCUT2D eigenvalue weighted by molar-refractivity contribution is 5.78. The maximum absolute atomic E-state index is 13.6. The van der Waals surface area contributed by atoms with Gasteiger partial charge in [-0.05, 0) is 62.1 Å². The number of halogens is 2. The smallest absolute Gasteiger partial charge is 0.222 e. The fourth-order valence-electron chi connectivity index (χ4n) is 4.58. The van der Waals surface area contributed by atoms with Gasteiger partial charge in [0.1, 0.15) is 11.6 Å². The maximum atomic E-state index is 13.6. The van der Waals surface area contributed by atoms with Crippen LogP contribution in [-0.2, 0) is 15.1 Å². The lowest BCUT2D eigenvalue weighted by molar-refractivity contribution is -0.123. The highest BCUT2D eigenvalue weighted by atomic mass is 19.1. The first-order valence-corrected chi connectivity index (χ1v) is 10.6. The summed E-state index contributed by atoms with van der Waals surface area (Å²) in [4.78, 5) is 26.5. The Hall–Kier alpha value is -2.02. The molecule has 1 aromatic carbocycles. The van der Waals surface area contributed by atoms with Gasteiger partial charge in [-0.3, -0.25) is 14.5 Å². The summed E-state index contributed by atoms with van der Waals surface area (Å²) in [5.74, 6) is -0.641. The minimum atomic E-state index is -0.629. The molecule has 158 valence electrons. The van der Waals surface area contributed by atoms with Crippen molar-refractivity contribution in [1.29, 1.82) is 0 Å². The molecule has 4 rings (SSSR count). The lowest BCUT2D eigenvalue weighted by Crippen LogP contribution is -2.46. The van der Waals surface area contributed by atoms with Crippen molar-refractivity contribution < 1.29 is 18.4 Å². The van der Waals surface area contributed by atoms with E-state index in [0.29, 0.717) is 37.3 Å². The van der Waals surface area contributed by atoms with E-state index >= 15 is 0 Å². The second-order valence-corrected chi connectivity index (χ2v) is 8.95. The number of nitrogens with one attached hydrogen (secondary N) is 2. The van der Waals surface area contributed by atoms with Gasteiger partial charge in [0.2, 0.25) is 11.8 Å². The van der Waals surface area contributed by atoms with Gasteiger partial charge in [-0.2, -0.15) is 0 Å². The van der Waals surface area contributed by atoms with E-state index in [0.717, 1.165) is 25.5 Å². The van der Waals surface area contributed by atoms with E-state index in [1.165, 1.54) is 31.9 Å². The van der Waals surface area contributed by atoms with Crippen molar-refractivity contribution in [2.24, 2.45) is 5.92 Å². The number of carbonyl (C=O) groups excluding carboxylic acids is 2. The molecular weight excluding hydrogens is 376 g/mol. The zero-order valence-electron chi connectivity index (χ0n) is 16.8. The number of benzene rings is 1. The van der Waals surface area contributed by atoms with Crippen molar-refractivity contribution >= 4 is 11.8 Å². The van der Waals surface area contributed by atoms with Gasteiger partial charge < -0.3 is 10.6 Å². The zero-order valence-corrected chi connectivity index (χ0v) is 16.8. The van der Waals surface area contributed by atoms with Gasteiger partial charge in [0.05, 0.1) is 5.54 Å². The van der Waals surface area contributed by atoms with Crippen LogP contribution in [0.2, 0.25) is 0 Å². The van der Waals surface area contributed by atoms with Crippen LogP contribution in [0.5, 0.6) is 0 Å². The normalized spacial score (nSPS) is 25.6. The quantitative estimate of drug-likeness (QED) is 0.699. The van der Waals surface area contributed by atoms with Crippen molar-refractivity contribution in [2.75, 3.05) is 13.1 Å². The molecule has 5 nitrogen and oxygen atoms in total. The van der Waals surface area contributed by atoms with Crippen molar-refractivity contribution in [3.8, 4) is 0 Å². The molecule has 0 unspecified atom stereocenters. The first-order valence-electron chi connectivity index (χ1n) is 10.6. The molecule has 0 aromatic heterocycles. The minimum Gasteiger partial charge on any atom is -0.355 e. The lowest BCUT2D eigenvalue weighted by Gasteiger charge is -2.30. The standard InChI is InChI=1S/C22H29F2N3O2/c1-14(28)25-12-20-5-4-19(27(20)13-15-2-3-15)11-21(29)26-22(6-7-22)16-8-17(23)10-18(24)9-16/h8-10,15,19-20H,2-7,11-13H2,1H3,(H,25,28)(H,26,29)/t19-,20+/m0/s1. The number of amides is 2. The Kier molecular flexibility index (Phi) is 5.60. The van der Waals surface area contributed by atoms with Crippen LogP contribution in [-0.4, -0.2) is 41.9 Å². The molecule has 2 saturated carbocycles. The van der Waals surface area contributed by atoms with E-state index in [-0.39, 0.29) is 23.9 Å². The number of nitrogens with zero attached hydrogens (tertiary/aromatic N) is 1. The largest absolute Gasteiger partial charge is 0.355 e. The van der Waals surface area contributed by atoms with Gasteiger partial charge in [0, 0.05) is 44.6 Å². The topological polar surface area (TPSA) is 61.4 Å². The number of rotatable bonds is 8. The molecule has 7 heteroatoms. The number of hydrogen-bond acceptors (Lipinski definition) is 3. The van der Waals surface area contributed by atoms with Crippen LogP contribution >= 0.6 is 0 Å². The summed E-state index contributed by atoms with van der Waals surface area (Å²) in [6.07, 6.45) is 6.12. The molecule has 1 aliphatic heterocycles. The zero-order chi connectivity index (χ0) is 20.6. The SMILES string of the molecule is CC(=O)NC[C@H]1CC[C@@H](CC(=O)NC2(c3cc(F)cc(F)c3)CC2)N1CC1CC1. The predicted octanol–water partition coefficient (Wildman–Crippen LogP) is 2.84. The molecule has 29 heavy (non-hydrogen) atoms. The van der Waals surface area contributed by atoms with Gasteiger partial charge in [0.15, 0.2) is 0 Å². The number of carbonyl (C=O) groups is 2. The van der Waals surface area contributed by atoms with Gasteiger partial charge in [-0.1, -0.05) is 0 Å². The Morgan fingerprint density at radius 1 is 1.07 bits per heavy atom. The average molecular weight is 405 g/mol. The van der Waals surface area contributed by atoms with Crippen LogP contribution in [0.1, 0.15) is 57.4 Å². The monoisotopic (exact) mass is 405 g/mol. The third-order valence-corrected chi connectivity index (χ3v) is 6.49. The van der Waals surface area contributed by atoms with Crippen LogP contribution in [0.25, 0.3) is 0 Å². The van der Waals surface area contributed by atoms with E-state index in [4.69, 9.17) is 0 Å². The molecule has 1 aromatic rings. The van der Waals surface area contributed by atoms with Crippen molar-refractivity contribution in [3.05, 3.63) is 35.4 Å². The van der Waals surface area contributed by atoms with Crippen LogP contribution in [0.3, 0.4) is 0 Å². The fraction of sp³-hybridized carbons (Fsp3) is 0.636. The molecular formula is C22H29F2N3O2. The predicted molar refractivity (Wildman–Crippen MR) is 105 cm³/mol. The number of hydrogen-bond donors (Lipinski definition) is 2. The Bertz CT molecular complexity index is 772. The first-order chi connectivity index (χ1) is 13.8. The van der Waals surface area contributed by atoms with E-state index in [9.17, 15) is 18.4 Å². The molecule has 3 fully saturated rings. The molecule has 2 amide bonds. The second-order valence-electron chi connectivity index (χ2n) is 8.95. The van der Waals surface area contributed by atoms with Crippen LogP contribution in [0.15, 0.2) is 18.2 Å². The summed E-state index contributed by atoms with van der Waals surface area (Å²) in [5.41, 5.74) is -0.122. The Labute approximate surface area is 170 Å². The van der Waals surface area contributed by atoms with Crippen LogP contribution in [0.4, 0.5) is 8.78 Å². The molecule has 2 atom stereocenters. The summed E-state index contributed by atoms with van der Waals surface area (Å²) in [6, 6.07) is 3.90. The van der Waals surface area contributed by atoms with Gasteiger partial charge in [-0.15, -0.1) is 0 Å². The summed E-state index contributed by atoms with van der Waals surface area (Å²) in [5, 5.41) is 5.96. The summed E-state index contributed by atoms with van der Waals surface area (Å²) in [6.45, 7) is 3.12. The first kappa shape index (κ1) is 20.3. The van der Waals surface area contributed by atoms with E-state index in [1.807, 2.05) is 0 Å². The highest BCUT2D eigenvalue weighted by Crippen LogP contribution is 2.46. The Morgan fingerprint density at radius 2 is 1.72 bits per heavy atom. The molecule has 1 saturated heterocycles. The molecule has 3 aliphatic rings. The Balaban J connectivity index is 1.38. The van der Waals surface area contributed by atoms with Gasteiger partial charge in [-0.25, -0.2) is 8.78 Å². The summed E-state index contributed by atoms with van der Waals surface area (Å²) >= 11 is 0. The molecule has 0 spiro atoms. The maximum Gasteiger partial charge on any atom is 0.222 e. The molecule has 0 bridgehead atoms. The molecule has 1 heterocycles. The molecule has 2 N–H and O–H groups in total. The third-order valence-electron chi connectivity index (χ3n) is 6.49. The van der Waals surface area contributed by atoms with E-state index in [1.54, 1.807) is 0 Å². The fourth-order valence-corrected chi connectivity index (χ4v) is 4.58. The summed E-state index contributed by atoms with van der Waals surface area (Å²) < 4.78 is 27.2. The number of likely N-dealkylation sites (tertiary alicyclic amines) is 1. The molecule has 2 aliphatic carbocycles. The Morgan fingerprint density at radius 3 is 2.31 bits per heavy atom. The van der Waals surface area contributed by atoms with Crippen LogP contribution < -0.4 is 10.6 Å². The van der Waals surface area contributed by atoms with Crippen molar-refractivity contribution in [3.63, 3.8) is 0 Å². The van der Waals surface area contributed by atoms with Gasteiger partial charge in [0.25, 0.3) is 0 Å². The van der Waals surface area contributed by atoms with E-state index < -0.39 is 17.2 Å². The van der Waals surface area contributed by atoms with E-state index in [2.05, 4.69) is 15.5 Å². The minimum absolute atomic E-state index is 0.0319. The second kappa shape index (κ2) is 8.01. The van der Waals surface area contributed by atoms with Crippen molar-refractivity contribution in [2.45, 2.75) is 69.5 Å². The molecule has 0 radical (unpaired) electrons. The lowest BCUT2D eigenvalue weighted by atomic mass is 10.0. The highest BCUT2D eigenvalue weighted by Gasteiger charge is 2.47. The van der Waals surface area contributed by atoms with Crippen LogP contribution in [0, 0.1) is 17.6 Å². The van der Waals surface area contributed by atoms with Crippen molar-refractivity contribution in [1.82, 2.24) is 15.5 Å².